The second-order valence-electron chi connectivity index (χ2n) is 6.65. The molecule has 21 heavy (non-hydrogen) atoms. The molecule has 1 amide bonds. The number of carbonyl (C=O) groups excluding carboxylic acids is 1. The van der Waals surface area contributed by atoms with Crippen molar-refractivity contribution in [3.05, 3.63) is 0 Å². The van der Waals surface area contributed by atoms with Crippen LogP contribution in [0, 0.1) is 5.41 Å². The number of oxime groups is 1. The van der Waals surface area contributed by atoms with Gasteiger partial charge in [0.15, 0.2) is 5.84 Å². The van der Waals surface area contributed by atoms with Crippen LogP contribution in [0.25, 0.3) is 0 Å². The van der Waals surface area contributed by atoms with Crippen molar-refractivity contribution in [2.45, 2.75) is 63.8 Å². The Morgan fingerprint density at radius 3 is 2.38 bits per heavy atom. The quantitative estimate of drug-likeness (QED) is 0.243. The van der Waals surface area contributed by atoms with E-state index in [0.29, 0.717) is 19.4 Å². The van der Waals surface area contributed by atoms with Crippen LogP contribution < -0.4 is 11.1 Å². The topological polar surface area (TPSA) is 96.9 Å². The van der Waals surface area contributed by atoms with Gasteiger partial charge in [-0.25, -0.2) is 0 Å². The van der Waals surface area contributed by atoms with Gasteiger partial charge in [0, 0.05) is 6.61 Å². The highest BCUT2D eigenvalue weighted by Crippen LogP contribution is 2.36. The maximum atomic E-state index is 12.9. The average molecular weight is 297 g/mol. The Hall–Kier alpha value is -1.30. The van der Waals surface area contributed by atoms with Crippen molar-refractivity contribution in [1.82, 2.24) is 5.32 Å². The number of ether oxygens (including phenoxy) is 1. The van der Waals surface area contributed by atoms with E-state index in [0.717, 1.165) is 45.1 Å². The zero-order valence-electron chi connectivity index (χ0n) is 12.9. The Kier molecular flexibility index (Phi) is 5.08. The van der Waals surface area contributed by atoms with Crippen molar-refractivity contribution < 1.29 is 14.7 Å². The lowest BCUT2D eigenvalue weighted by molar-refractivity contribution is -0.132. The third-order valence-corrected chi connectivity index (χ3v) is 4.84. The molecule has 1 saturated heterocycles. The predicted molar refractivity (Wildman–Crippen MR) is 80.1 cm³/mol. The van der Waals surface area contributed by atoms with Crippen LogP contribution in [0.15, 0.2) is 5.16 Å². The van der Waals surface area contributed by atoms with Crippen molar-refractivity contribution in [3.8, 4) is 0 Å². The molecule has 2 aliphatic rings. The first-order valence-electron chi connectivity index (χ1n) is 7.91. The van der Waals surface area contributed by atoms with E-state index in [2.05, 4.69) is 10.5 Å². The van der Waals surface area contributed by atoms with Gasteiger partial charge in [-0.1, -0.05) is 30.8 Å². The summed E-state index contributed by atoms with van der Waals surface area (Å²) in [5, 5.41) is 15.4. The normalized spacial score (nSPS) is 30.4. The summed E-state index contributed by atoms with van der Waals surface area (Å²) in [5.74, 6) is -0.0741. The summed E-state index contributed by atoms with van der Waals surface area (Å²) in [6.45, 7) is 3.27. The summed E-state index contributed by atoms with van der Waals surface area (Å²) >= 11 is 0. The molecule has 0 aromatic carbocycles. The van der Waals surface area contributed by atoms with Crippen molar-refractivity contribution in [2.24, 2.45) is 16.3 Å². The Labute approximate surface area is 126 Å². The van der Waals surface area contributed by atoms with Crippen LogP contribution in [-0.4, -0.2) is 35.7 Å². The summed E-state index contributed by atoms with van der Waals surface area (Å²) in [5.41, 5.74) is 4.68. The number of nitrogens with zero attached hydrogens (tertiary/aromatic N) is 1. The van der Waals surface area contributed by atoms with E-state index in [4.69, 9.17) is 15.7 Å². The summed E-state index contributed by atoms with van der Waals surface area (Å²) < 4.78 is 5.49. The standard InChI is InChI=1S/C15H27N3O3/c1-14(7-6-10-21-11-14)17-13(19)15(12(16)18-20)8-4-2-3-5-9-15/h20H,2-11H2,1H3,(H2,16,18)(H,17,19). The molecule has 2 rings (SSSR count). The van der Waals surface area contributed by atoms with E-state index in [1.807, 2.05) is 6.92 Å². The van der Waals surface area contributed by atoms with Crippen LogP contribution in [0.5, 0.6) is 0 Å². The minimum Gasteiger partial charge on any atom is -0.409 e. The van der Waals surface area contributed by atoms with Crippen molar-refractivity contribution in [2.75, 3.05) is 13.2 Å². The summed E-state index contributed by atoms with van der Waals surface area (Å²) in [6, 6.07) is 0. The molecule has 2 fully saturated rings. The smallest absolute Gasteiger partial charge is 0.234 e. The number of amidine groups is 1. The van der Waals surface area contributed by atoms with Gasteiger partial charge in [0.2, 0.25) is 5.91 Å². The van der Waals surface area contributed by atoms with Crippen molar-refractivity contribution in [3.63, 3.8) is 0 Å². The fourth-order valence-electron chi connectivity index (χ4n) is 3.45. The zero-order chi connectivity index (χ0) is 15.3. The monoisotopic (exact) mass is 297 g/mol. The highest BCUT2D eigenvalue weighted by molar-refractivity contribution is 6.07. The highest BCUT2D eigenvalue weighted by Gasteiger charge is 2.45. The summed E-state index contributed by atoms with van der Waals surface area (Å²) in [7, 11) is 0. The van der Waals surface area contributed by atoms with E-state index in [1.54, 1.807) is 0 Å². The molecule has 0 aromatic heterocycles. The first kappa shape index (κ1) is 16.1. The number of hydrogen-bond acceptors (Lipinski definition) is 4. The molecule has 120 valence electrons. The zero-order valence-corrected chi connectivity index (χ0v) is 12.9. The van der Waals surface area contributed by atoms with Crippen LogP contribution in [0.3, 0.4) is 0 Å². The molecule has 0 spiro atoms. The van der Waals surface area contributed by atoms with E-state index >= 15 is 0 Å². The molecule has 0 radical (unpaired) electrons. The summed E-state index contributed by atoms with van der Waals surface area (Å²) in [4.78, 5) is 12.9. The van der Waals surface area contributed by atoms with Gasteiger partial charge in [-0.05, 0) is 32.6 Å². The van der Waals surface area contributed by atoms with E-state index < -0.39 is 5.41 Å². The molecule has 6 heteroatoms. The van der Waals surface area contributed by atoms with Gasteiger partial charge >= 0.3 is 0 Å². The number of nitrogens with two attached hydrogens (primary N) is 1. The van der Waals surface area contributed by atoms with Crippen molar-refractivity contribution >= 4 is 11.7 Å². The van der Waals surface area contributed by atoms with Gasteiger partial charge in [0.25, 0.3) is 0 Å². The average Bonchev–Trinajstić information content (AvgIpc) is 2.73. The molecule has 1 atom stereocenters. The first-order valence-corrected chi connectivity index (χ1v) is 7.91. The third kappa shape index (κ3) is 3.48. The lowest BCUT2D eigenvalue weighted by Crippen LogP contribution is -2.58. The Morgan fingerprint density at radius 1 is 1.19 bits per heavy atom. The van der Waals surface area contributed by atoms with E-state index in [9.17, 15) is 4.79 Å². The Balaban J connectivity index is 2.17. The number of carbonyl (C=O) groups is 1. The SMILES string of the molecule is CC1(NC(=O)C2(C(N)=NO)CCCCCC2)CCCOC1. The molecular formula is C15H27N3O3. The maximum Gasteiger partial charge on any atom is 0.234 e. The van der Waals surface area contributed by atoms with Gasteiger partial charge in [-0.3, -0.25) is 4.79 Å². The number of hydrogen-bond donors (Lipinski definition) is 3. The number of amides is 1. The van der Waals surface area contributed by atoms with Gasteiger partial charge < -0.3 is 21.0 Å². The van der Waals surface area contributed by atoms with Gasteiger partial charge in [0.05, 0.1) is 12.1 Å². The lowest BCUT2D eigenvalue weighted by atomic mass is 9.77. The highest BCUT2D eigenvalue weighted by atomic mass is 16.5. The molecule has 0 bridgehead atoms. The van der Waals surface area contributed by atoms with Crippen LogP contribution in [0.4, 0.5) is 0 Å². The van der Waals surface area contributed by atoms with E-state index in [-0.39, 0.29) is 17.3 Å². The van der Waals surface area contributed by atoms with Gasteiger partial charge in [-0.15, -0.1) is 0 Å². The van der Waals surface area contributed by atoms with Crippen molar-refractivity contribution in [1.29, 1.82) is 0 Å². The molecule has 1 saturated carbocycles. The molecule has 1 heterocycles. The van der Waals surface area contributed by atoms with E-state index in [1.165, 1.54) is 0 Å². The van der Waals surface area contributed by atoms with Crippen LogP contribution in [0.2, 0.25) is 0 Å². The molecule has 1 unspecified atom stereocenters. The van der Waals surface area contributed by atoms with Crippen LogP contribution >= 0.6 is 0 Å². The minimum absolute atomic E-state index is 0.0437. The minimum atomic E-state index is -0.869. The first-order chi connectivity index (χ1) is 10.0. The number of nitrogens with one attached hydrogen (secondary N) is 1. The maximum absolute atomic E-state index is 12.9. The molecule has 0 aromatic rings. The number of rotatable bonds is 3. The second-order valence-corrected chi connectivity index (χ2v) is 6.65. The predicted octanol–water partition coefficient (Wildman–Crippen LogP) is 1.76. The second kappa shape index (κ2) is 6.64. The largest absolute Gasteiger partial charge is 0.409 e. The van der Waals surface area contributed by atoms with Gasteiger partial charge in [-0.2, -0.15) is 0 Å². The molecule has 1 aliphatic carbocycles. The fourth-order valence-corrected chi connectivity index (χ4v) is 3.45. The molecular weight excluding hydrogens is 270 g/mol. The third-order valence-electron chi connectivity index (χ3n) is 4.84. The molecule has 1 aliphatic heterocycles. The van der Waals surface area contributed by atoms with Gasteiger partial charge in [0.1, 0.15) is 5.41 Å². The molecule has 4 N–H and O–H groups in total. The summed E-state index contributed by atoms with van der Waals surface area (Å²) in [6.07, 6.45) is 7.16. The Morgan fingerprint density at radius 2 is 1.86 bits per heavy atom. The van der Waals surface area contributed by atoms with Crippen LogP contribution in [-0.2, 0) is 9.53 Å². The fraction of sp³-hybridized carbons (Fsp3) is 0.867. The van der Waals surface area contributed by atoms with Crippen LogP contribution in [0.1, 0.15) is 58.3 Å². The molecule has 6 nitrogen and oxygen atoms in total. The lowest BCUT2D eigenvalue weighted by Gasteiger charge is -2.39. The Bertz CT molecular complexity index is 395.